The monoisotopic (exact) mass is 193 g/mol. The average Bonchev–Trinajstić information content (AvgIpc) is 2.49. The Balaban J connectivity index is 1.79. The fraction of sp³-hybridized carbons (Fsp3) is 0.667. The molecule has 2 rings (SSSR count). The van der Waals surface area contributed by atoms with Crippen LogP contribution in [0.4, 0.5) is 0 Å². The first-order valence-corrected chi connectivity index (χ1v) is 5.55. The summed E-state index contributed by atoms with van der Waals surface area (Å²) < 4.78 is 5.57. The van der Waals surface area contributed by atoms with Crippen LogP contribution in [0.5, 0.6) is 0 Å². The predicted molar refractivity (Wildman–Crippen MR) is 57.2 cm³/mol. The third kappa shape index (κ3) is 2.18. The zero-order valence-electron chi connectivity index (χ0n) is 9.05. The molecule has 14 heavy (non-hydrogen) atoms. The lowest BCUT2D eigenvalue weighted by molar-refractivity contribution is 0.284. The molecule has 0 spiro atoms. The van der Waals surface area contributed by atoms with Crippen molar-refractivity contribution in [2.45, 2.75) is 39.2 Å². The highest BCUT2D eigenvalue weighted by molar-refractivity contribution is 5.08. The van der Waals surface area contributed by atoms with Crippen LogP contribution in [0.3, 0.4) is 0 Å². The summed E-state index contributed by atoms with van der Waals surface area (Å²) in [5, 5.41) is 3.52. The van der Waals surface area contributed by atoms with Crippen molar-refractivity contribution in [3.63, 3.8) is 0 Å². The zero-order valence-corrected chi connectivity index (χ0v) is 9.05. The van der Waals surface area contributed by atoms with Gasteiger partial charge in [-0.15, -0.1) is 0 Å². The summed E-state index contributed by atoms with van der Waals surface area (Å²) in [6.07, 6.45) is 4.22. The van der Waals surface area contributed by atoms with E-state index in [2.05, 4.69) is 18.3 Å². The third-order valence-corrected chi connectivity index (χ3v) is 3.13. The van der Waals surface area contributed by atoms with Gasteiger partial charge in [0.1, 0.15) is 11.5 Å². The van der Waals surface area contributed by atoms with Gasteiger partial charge in [-0.1, -0.05) is 6.42 Å². The summed E-state index contributed by atoms with van der Waals surface area (Å²) in [6, 6.07) is 4.44. The van der Waals surface area contributed by atoms with E-state index in [0.29, 0.717) is 6.04 Å². The molecule has 2 nitrogen and oxygen atoms in total. The molecule has 1 heterocycles. The highest BCUT2D eigenvalue weighted by atomic mass is 16.3. The Morgan fingerprint density at radius 1 is 1.50 bits per heavy atom. The maximum Gasteiger partial charge on any atom is 0.120 e. The second-order valence-corrected chi connectivity index (χ2v) is 4.38. The molecule has 1 N–H and O–H groups in total. The Kier molecular flexibility index (Phi) is 2.92. The lowest BCUT2D eigenvalue weighted by atomic mass is 9.85. The number of nitrogens with one attached hydrogen (secondary N) is 1. The topological polar surface area (TPSA) is 25.2 Å². The fourth-order valence-corrected chi connectivity index (χ4v) is 1.83. The van der Waals surface area contributed by atoms with Crippen molar-refractivity contribution in [2.24, 2.45) is 5.92 Å². The van der Waals surface area contributed by atoms with Crippen molar-refractivity contribution in [2.75, 3.05) is 6.54 Å². The van der Waals surface area contributed by atoms with Gasteiger partial charge in [-0.05, 0) is 51.3 Å². The van der Waals surface area contributed by atoms with E-state index in [1.807, 2.05) is 13.0 Å². The highest BCUT2D eigenvalue weighted by Crippen LogP contribution is 2.26. The van der Waals surface area contributed by atoms with Crippen molar-refractivity contribution in [1.29, 1.82) is 0 Å². The van der Waals surface area contributed by atoms with Crippen LogP contribution < -0.4 is 5.32 Å². The largest absolute Gasteiger partial charge is 0.465 e. The van der Waals surface area contributed by atoms with Gasteiger partial charge in [-0.2, -0.15) is 0 Å². The van der Waals surface area contributed by atoms with Gasteiger partial charge in [0, 0.05) is 0 Å². The molecule has 1 aromatic rings. The standard InChI is InChI=1S/C12H19NO/c1-9-6-7-12(14-9)10(2)13-8-11-4-3-5-11/h6-7,10-11,13H,3-5,8H2,1-2H3. The lowest BCUT2D eigenvalue weighted by Crippen LogP contribution is -2.29. The zero-order chi connectivity index (χ0) is 9.97. The van der Waals surface area contributed by atoms with Gasteiger partial charge in [-0.25, -0.2) is 0 Å². The van der Waals surface area contributed by atoms with Gasteiger partial charge < -0.3 is 9.73 Å². The first-order valence-electron chi connectivity index (χ1n) is 5.55. The van der Waals surface area contributed by atoms with Crippen LogP contribution >= 0.6 is 0 Å². The van der Waals surface area contributed by atoms with Crippen LogP contribution in [-0.4, -0.2) is 6.54 Å². The van der Waals surface area contributed by atoms with Crippen molar-refractivity contribution >= 4 is 0 Å². The summed E-state index contributed by atoms with van der Waals surface area (Å²) in [7, 11) is 0. The second kappa shape index (κ2) is 4.18. The third-order valence-electron chi connectivity index (χ3n) is 3.13. The van der Waals surface area contributed by atoms with Crippen LogP contribution in [0, 0.1) is 12.8 Å². The quantitative estimate of drug-likeness (QED) is 0.795. The highest BCUT2D eigenvalue weighted by Gasteiger charge is 2.18. The van der Waals surface area contributed by atoms with Gasteiger partial charge in [0.05, 0.1) is 6.04 Å². The molecule has 1 saturated carbocycles. The molecule has 78 valence electrons. The summed E-state index contributed by atoms with van der Waals surface area (Å²) in [6.45, 7) is 5.29. The molecule has 0 bridgehead atoms. The Labute approximate surface area is 85.7 Å². The van der Waals surface area contributed by atoms with Crippen molar-refractivity contribution in [3.05, 3.63) is 23.7 Å². The van der Waals surface area contributed by atoms with E-state index in [4.69, 9.17) is 4.42 Å². The van der Waals surface area contributed by atoms with E-state index in [1.54, 1.807) is 0 Å². The van der Waals surface area contributed by atoms with E-state index in [9.17, 15) is 0 Å². The Morgan fingerprint density at radius 3 is 2.79 bits per heavy atom. The number of furan rings is 1. The van der Waals surface area contributed by atoms with E-state index in [0.717, 1.165) is 24.0 Å². The minimum atomic E-state index is 0.351. The normalized spacial score (nSPS) is 19.3. The fourth-order valence-electron chi connectivity index (χ4n) is 1.83. The number of aryl methyl sites for hydroxylation is 1. The summed E-state index contributed by atoms with van der Waals surface area (Å²) in [5.74, 6) is 2.97. The molecule has 1 aliphatic rings. The van der Waals surface area contributed by atoms with Crippen molar-refractivity contribution in [3.8, 4) is 0 Å². The SMILES string of the molecule is Cc1ccc(C(C)NCC2CCC2)o1. The maximum atomic E-state index is 5.57. The summed E-state index contributed by atoms with van der Waals surface area (Å²) in [5.41, 5.74) is 0. The Morgan fingerprint density at radius 2 is 2.29 bits per heavy atom. The number of hydrogen-bond acceptors (Lipinski definition) is 2. The molecule has 0 saturated heterocycles. The van der Waals surface area contributed by atoms with Crippen LogP contribution in [0.25, 0.3) is 0 Å². The molecule has 1 unspecified atom stereocenters. The molecule has 1 atom stereocenters. The van der Waals surface area contributed by atoms with Gasteiger partial charge >= 0.3 is 0 Å². The molecule has 0 aromatic carbocycles. The van der Waals surface area contributed by atoms with Gasteiger partial charge in [0.2, 0.25) is 0 Å². The molecular formula is C12H19NO. The van der Waals surface area contributed by atoms with Crippen molar-refractivity contribution < 1.29 is 4.42 Å². The van der Waals surface area contributed by atoms with Crippen LogP contribution in [0.15, 0.2) is 16.5 Å². The van der Waals surface area contributed by atoms with Gasteiger partial charge in [0.15, 0.2) is 0 Å². The average molecular weight is 193 g/mol. The van der Waals surface area contributed by atoms with E-state index in [1.165, 1.54) is 19.3 Å². The molecule has 0 amide bonds. The molecule has 0 aliphatic heterocycles. The van der Waals surface area contributed by atoms with Crippen LogP contribution in [0.2, 0.25) is 0 Å². The maximum absolute atomic E-state index is 5.57. The van der Waals surface area contributed by atoms with Crippen LogP contribution in [-0.2, 0) is 0 Å². The molecule has 2 heteroatoms. The molecule has 1 fully saturated rings. The van der Waals surface area contributed by atoms with Crippen LogP contribution in [0.1, 0.15) is 43.7 Å². The second-order valence-electron chi connectivity index (χ2n) is 4.38. The van der Waals surface area contributed by atoms with Gasteiger partial charge in [-0.3, -0.25) is 0 Å². The van der Waals surface area contributed by atoms with E-state index >= 15 is 0 Å². The number of rotatable bonds is 4. The Bertz CT molecular complexity index is 288. The molecule has 1 aromatic heterocycles. The first-order chi connectivity index (χ1) is 6.75. The predicted octanol–water partition coefficient (Wildman–Crippen LogP) is 3.04. The minimum Gasteiger partial charge on any atom is -0.465 e. The van der Waals surface area contributed by atoms with E-state index < -0.39 is 0 Å². The van der Waals surface area contributed by atoms with E-state index in [-0.39, 0.29) is 0 Å². The smallest absolute Gasteiger partial charge is 0.120 e. The summed E-state index contributed by atoms with van der Waals surface area (Å²) >= 11 is 0. The molecule has 1 aliphatic carbocycles. The Hall–Kier alpha value is -0.760. The number of hydrogen-bond donors (Lipinski definition) is 1. The lowest BCUT2D eigenvalue weighted by Gasteiger charge is -2.26. The molecule has 0 radical (unpaired) electrons. The van der Waals surface area contributed by atoms with Gasteiger partial charge in [0.25, 0.3) is 0 Å². The van der Waals surface area contributed by atoms with Crippen molar-refractivity contribution in [1.82, 2.24) is 5.32 Å². The molecular weight excluding hydrogens is 174 g/mol. The summed E-state index contributed by atoms with van der Waals surface area (Å²) in [4.78, 5) is 0. The first kappa shape index (κ1) is 9.78. The minimum absolute atomic E-state index is 0.351.